The number of nitrogens with zero attached hydrogens (tertiary/aromatic N) is 4. The molecule has 0 radical (unpaired) electrons. The van der Waals surface area contributed by atoms with Crippen LogP contribution in [0, 0.1) is 0 Å². The molecule has 0 bridgehead atoms. The molecule has 2 aromatic rings. The van der Waals surface area contributed by atoms with E-state index in [1.165, 1.54) is 43.7 Å². The van der Waals surface area contributed by atoms with Crippen LogP contribution in [0.25, 0.3) is 0 Å². The first-order chi connectivity index (χ1) is 14.9. The summed E-state index contributed by atoms with van der Waals surface area (Å²) in [5.41, 5.74) is 0.974. The number of ether oxygens (including phenoxy) is 2. The number of quaternary nitrogens is 2. The summed E-state index contributed by atoms with van der Waals surface area (Å²) in [5, 5.41) is 13.0. The van der Waals surface area contributed by atoms with E-state index in [1.807, 2.05) is 10.7 Å². The Kier molecular flexibility index (Phi) is 6.48. The van der Waals surface area contributed by atoms with E-state index >= 15 is 0 Å². The maximum absolute atomic E-state index is 5.62. The van der Waals surface area contributed by atoms with Gasteiger partial charge >= 0.3 is 0 Å². The van der Waals surface area contributed by atoms with E-state index in [0.29, 0.717) is 0 Å². The second-order valence-electron chi connectivity index (χ2n) is 9.97. The zero-order valence-electron chi connectivity index (χ0n) is 19.6. The third-order valence-electron chi connectivity index (χ3n) is 7.00. The zero-order chi connectivity index (χ0) is 22.0. The Balaban J connectivity index is 1.67. The van der Waals surface area contributed by atoms with E-state index in [1.54, 1.807) is 19.1 Å². The van der Waals surface area contributed by atoms with Crippen molar-refractivity contribution in [3.05, 3.63) is 29.6 Å². The van der Waals surface area contributed by atoms with Crippen LogP contribution >= 0.6 is 0 Å². The van der Waals surface area contributed by atoms with E-state index in [2.05, 4.69) is 48.4 Å². The first kappa shape index (κ1) is 22.0. The van der Waals surface area contributed by atoms with Gasteiger partial charge in [-0.1, -0.05) is 0 Å². The minimum atomic E-state index is -0.190. The van der Waals surface area contributed by atoms with Crippen molar-refractivity contribution >= 4 is 0 Å². The van der Waals surface area contributed by atoms with Crippen LogP contribution in [-0.4, -0.2) is 66.6 Å². The molecule has 8 nitrogen and oxygen atoms in total. The van der Waals surface area contributed by atoms with Gasteiger partial charge in [0.25, 0.3) is 0 Å². The summed E-state index contributed by atoms with van der Waals surface area (Å²) in [6.45, 7) is 11.1. The Morgan fingerprint density at radius 2 is 1.68 bits per heavy atom. The Bertz CT molecular complexity index is 863. The largest absolute Gasteiger partial charge is 0.493 e. The average Bonchev–Trinajstić information content (AvgIpc) is 3.46. The summed E-state index contributed by atoms with van der Waals surface area (Å²) >= 11 is 0. The molecule has 1 aliphatic carbocycles. The van der Waals surface area contributed by atoms with Crippen LogP contribution in [0.1, 0.15) is 63.9 Å². The van der Waals surface area contributed by atoms with Crippen LogP contribution in [0.3, 0.4) is 0 Å². The van der Waals surface area contributed by atoms with Gasteiger partial charge in [-0.25, -0.2) is 4.68 Å². The molecule has 2 aliphatic rings. The highest BCUT2D eigenvalue weighted by Gasteiger charge is 2.39. The van der Waals surface area contributed by atoms with Crippen LogP contribution in [-0.2, 0) is 5.54 Å². The highest BCUT2D eigenvalue weighted by Crippen LogP contribution is 2.31. The van der Waals surface area contributed by atoms with Gasteiger partial charge in [-0.2, -0.15) is 0 Å². The molecule has 8 heteroatoms. The number of hydrogen-bond donors (Lipinski definition) is 2. The molecular weight excluding hydrogens is 392 g/mol. The van der Waals surface area contributed by atoms with E-state index in [0.717, 1.165) is 42.0 Å². The topological polar surface area (TPSA) is 70.9 Å². The lowest BCUT2D eigenvalue weighted by molar-refractivity contribution is -1.03. The van der Waals surface area contributed by atoms with Crippen LogP contribution in [0.5, 0.6) is 11.5 Å². The lowest BCUT2D eigenvalue weighted by Gasteiger charge is -2.37. The second-order valence-corrected chi connectivity index (χ2v) is 9.97. The number of piperazine rings is 1. The average molecular weight is 431 g/mol. The Hall–Kier alpha value is -2.19. The maximum Gasteiger partial charge on any atom is 0.214 e. The van der Waals surface area contributed by atoms with Crippen molar-refractivity contribution in [2.75, 3.05) is 40.4 Å². The van der Waals surface area contributed by atoms with Crippen molar-refractivity contribution in [2.45, 2.75) is 64.1 Å². The van der Waals surface area contributed by atoms with Crippen molar-refractivity contribution in [3.63, 3.8) is 0 Å². The van der Waals surface area contributed by atoms with Gasteiger partial charge in [-0.05, 0) is 75.1 Å². The molecule has 1 aromatic heterocycles. The predicted molar refractivity (Wildman–Crippen MR) is 118 cm³/mol. The van der Waals surface area contributed by atoms with Gasteiger partial charge in [0.1, 0.15) is 26.2 Å². The number of rotatable bonds is 6. The Labute approximate surface area is 185 Å². The highest BCUT2D eigenvalue weighted by atomic mass is 16.5. The molecule has 1 aromatic carbocycles. The molecule has 1 atom stereocenters. The van der Waals surface area contributed by atoms with Crippen LogP contribution in [0.2, 0.25) is 0 Å². The lowest BCUT2D eigenvalue weighted by Crippen LogP contribution is -3.29. The van der Waals surface area contributed by atoms with Gasteiger partial charge in [0.2, 0.25) is 5.82 Å². The predicted octanol–water partition coefficient (Wildman–Crippen LogP) is 0.261. The summed E-state index contributed by atoms with van der Waals surface area (Å²) < 4.78 is 13.1. The first-order valence-corrected chi connectivity index (χ1v) is 11.6. The van der Waals surface area contributed by atoms with Crippen LogP contribution in [0.4, 0.5) is 0 Å². The summed E-state index contributed by atoms with van der Waals surface area (Å²) in [7, 11) is 3.36. The molecule has 0 amide bonds. The summed E-state index contributed by atoms with van der Waals surface area (Å²) in [5.74, 6) is 2.40. The summed E-state index contributed by atoms with van der Waals surface area (Å²) in [6, 6.07) is 7.14. The molecule has 0 spiro atoms. The minimum Gasteiger partial charge on any atom is -0.493 e. The molecule has 170 valence electrons. The Morgan fingerprint density at radius 1 is 1.00 bits per heavy atom. The number of nitrogens with one attached hydrogen (secondary N) is 2. The van der Waals surface area contributed by atoms with E-state index < -0.39 is 0 Å². The van der Waals surface area contributed by atoms with E-state index in [-0.39, 0.29) is 11.6 Å². The molecule has 1 saturated heterocycles. The second kappa shape index (κ2) is 9.12. The fourth-order valence-electron chi connectivity index (χ4n) is 5.37. The van der Waals surface area contributed by atoms with Crippen molar-refractivity contribution in [3.8, 4) is 11.5 Å². The van der Waals surface area contributed by atoms with Gasteiger partial charge in [-0.15, -0.1) is 5.10 Å². The van der Waals surface area contributed by atoms with Gasteiger partial charge in [0.15, 0.2) is 17.5 Å². The Morgan fingerprint density at radius 3 is 2.29 bits per heavy atom. The number of benzene rings is 1. The normalized spacial score (nSPS) is 23.6. The molecule has 1 saturated carbocycles. The monoisotopic (exact) mass is 430 g/mol. The zero-order valence-corrected chi connectivity index (χ0v) is 19.6. The third kappa shape index (κ3) is 4.55. The van der Waals surface area contributed by atoms with E-state index in [4.69, 9.17) is 9.47 Å². The summed E-state index contributed by atoms with van der Waals surface area (Å²) in [6.07, 6.45) is 5.59. The number of tetrazole rings is 1. The maximum atomic E-state index is 5.62. The smallest absolute Gasteiger partial charge is 0.214 e. The molecule has 2 heterocycles. The number of methoxy groups -OCH3 is 2. The highest BCUT2D eigenvalue weighted by molar-refractivity contribution is 5.44. The van der Waals surface area contributed by atoms with Crippen LogP contribution < -0.4 is 19.3 Å². The lowest BCUT2D eigenvalue weighted by atomic mass is 10.0. The van der Waals surface area contributed by atoms with Crippen molar-refractivity contribution in [1.82, 2.24) is 20.2 Å². The fraction of sp³-hybridized carbons (Fsp3) is 0.696. The molecule has 2 fully saturated rings. The SMILES string of the molecule is COc1ccc([C@@H](c2nnnn2C(C)(C)C)[NH+]2CC[NH+](C3CCCC3)CC2)cc1OC. The quantitative estimate of drug-likeness (QED) is 0.688. The van der Waals surface area contributed by atoms with Gasteiger partial charge in [0, 0.05) is 5.56 Å². The number of hydrogen-bond acceptors (Lipinski definition) is 5. The van der Waals surface area contributed by atoms with Gasteiger partial charge in [0.05, 0.1) is 25.8 Å². The van der Waals surface area contributed by atoms with Crippen molar-refractivity contribution in [1.29, 1.82) is 0 Å². The standard InChI is InChI=1S/C23H36N6O2/c1-23(2,3)29-22(24-25-26-29)21(17-10-11-19(30-4)20(16-17)31-5)28-14-12-27(13-15-28)18-8-6-7-9-18/h10-11,16,18,21H,6-9,12-15H2,1-5H3/p+2/t21-/m0/s1. The van der Waals surface area contributed by atoms with Gasteiger partial charge < -0.3 is 19.3 Å². The molecular formula is C23H38N6O2+2. The van der Waals surface area contributed by atoms with Crippen molar-refractivity contribution < 1.29 is 19.3 Å². The molecule has 2 N–H and O–H groups in total. The van der Waals surface area contributed by atoms with Crippen LogP contribution in [0.15, 0.2) is 18.2 Å². The molecule has 0 unspecified atom stereocenters. The molecule has 31 heavy (non-hydrogen) atoms. The van der Waals surface area contributed by atoms with Gasteiger partial charge in [-0.3, -0.25) is 0 Å². The fourth-order valence-corrected chi connectivity index (χ4v) is 5.37. The summed E-state index contributed by atoms with van der Waals surface area (Å²) in [4.78, 5) is 3.32. The van der Waals surface area contributed by atoms with E-state index in [9.17, 15) is 0 Å². The number of aromatic nitrogens is 4. The minimum absolute atomic E-state index is 0.0548. The third-order valence-corrected chi connectivity index (χ3v) is 7.00. The molecule has 1 aliphatic heterocycles. The molecule has 4 rings (SSSR count). The first-order valence-electron chi connectivity index (χ1n) is 11.6. The van der Waals surface area contributed by atoms with Crippen molar-refractivity contribution in [2.24, 2.45) is 0 Å².